The molecule has 0 saturated carbocycles. The van der Waals surface area contributed by atoms with E-state index in [1.54, 1.807) is 6.92 Å². The first-order chi connectivity index (χ1) is 6.60. The zero-order chi connectivity index (χ0) is 11.0. The summed E-state index contributed by atoms with van der Waals surface area (Å²) in [5, 5.41) is 8.95. The monoisotopic (exact) mass is 202 g/mol. The maximum Gasteiger partial charge on any atom is 0.308 e. The van der Waals surface area contributed by atoms with E-state index in [9.17, 15) is 4.79 Å². The van der Waals surface area contributed by atoms with Crippen LogP contribution in [0.5, 0.6) is 0 Å². The first-order valence-corrected chi connectivity index (χ1v) is 5.43. The highest BCUT2D eigenvalue weighted by Gasteiger charge is 2.11. The minimum atomic E-state index is -0.603. The summed E-state index contributed by atoms with van der Waals surface area (Å²) in [5.74, 6) is 0.174. The third kappa shape index (κ3) is 6.89. The molecular formula is C11H22O3. The molecule has 0 aromatic carbocycles. The molecule has 3 nitrogen and oxygen atoms in total. The molecule has 0 rings (SSSR count). The van der Waals surface area contributed by atoms with E-state index in [1.165, 1.54) is 0 Å². The average Bonchev–Trinajstić information content (AvgIpc) is 2.11. The lowest BCUT2D eigenvalue weighted by molar-refractivity contribution is -0.147. The van der Waals surface area contributed by atoms with E-state index >= 15 is 0 Å². The molecule has 3 heteroatoms. The smallest absolute Gasteiger partial charge is 0.308 e. The second kappa shape index (κ2) is 7.80. The summed E-state index contributed by atoms with van der Waals surface area (Å²) in [6.45, 7) is 6.31. The van der Waals surface area contributed by atoms with Gasteiger partial charge in [-0.2, -0.15) is 0 Å². The van der Waals surface area contributed by atoms with E-state index in [1.807, 2.05) is 0 Å². The maximum absolute atomic E-state index is 11.1. The predicted octanol–water partition coefficient (Wildman–Crippen LogP) is 2.13. The minimum absolute atomic E-state index is 0.0998. The Morgan fingerprint density at radius 2 is 2.07 bits per heavy atom. The molecule has 0 fully saturated rings. The van der Waals surface area contributed by atoms with Crippen LogP contribution < -0.4 is 0 Å². The van der Waals surface area contributed by atoms with Crippen molar-refractivity contribution in [3.63, 3.8) is 0 Å². The van der Waals surface area contributed by atoms with Gasteiger partial charge in [0, 0.05) is 0 Å². The second-order valence-electron chi connectivity index (χ2n) is 3.80. The Hall–Kier alpha value is -0.570. The molecule has 0 aliphatic heterocycles. The molecule has 84 valence electrons. The van der Waals surface area contributed by atoms with Gasteiger partial charge in [0.1, 0.15) is 0 Å². The van der Waals surface area contributed by atoms with Crippen LogP contribution in [0.15, 0.2) is 0 Å². The number of carbonyl (C=O) groups excluding carboxylic acids is 1. The summed E-state index contributed by atoms with van der Waals surface area (Å²) in [5.41, 5.74) is 0. The fraction of sp³-hybridized carbons (Fsp3) is 0.909. The first kappa shape index (κ1) is 13.4. The van der Waals surface area contributed by atoms with Crippen molar-refractivity contribution in [2.75, 3.05) is 6.61 Å². The molecule has 2 atom stereocenters. The third-order valence-electron chi connectivity index (χ3n) is 2.22. The van der Waals surface area contributed by atoms with E-state index in [-0.39, 0.29) is 12.4 Å². The Kier molecular flexibility index (Phi) is 7.48. The van der Waals surface area contributed by atoms with Crippen molar-refractivity contribution in [3.05, 3.63) is 0 Å². The Labute approximate surface area is 86.5 Å². The second-order valence-corrected chi connectivity index (χ2v) is 3.80. The Morgan fingerprint density at radius 1 is 1.43 bits per heavy atom. The number of rotatable bonds is 7. The van der Waals surface area contributed by atoms with Gasteiger partial charge in [-0.1, -0.05) is 26.7 Å². The highest BCUT2D eigenvalue weighted by Crippen LogP contribution is 2.11. The summed E-state index contributed by atoms with van der Waals surface area (Å²) in [4.78, 5) is 11.1. The largest absolute Gasteiger partial charge is 0.465 e. The van der Waals surface area contributed by atoms with Gasteiger partial charge in [-0.05, 0) is 19.3 Å². The summed E-state index contributed by atoms with van der Waals surface area (Å²) < 4.78 is 5.06. The highest BCUT2D eigenvalue weighted by atomic mass is 16.5. The number of carbonyl (C=O) groups is 1. The molecule has 0 aliphatic carbocycles. The van der Waals surface area contributed by atoms with Gasteiger partial charge < -0.3 is 9.84 Å². The zero-order valence-corrected chi connectivity index (χ0v) is 9.45. The number of hydrogen-bond donors (Lipinski definition) is 1. The van der Waals surface area contributed by atoms with Crippen LogP contribution in [-0.4, -0.2) is 23.8 Å². The van der Waals surface area contributed by atoms with Gasteiger partial charge in [0.2, 0.25) is 0 Å². The quantitative estimate of drug-likeness (QED) is 0.643. The molecule has 14 heavy (non-hydrogen) atoms. The van der Waals surface area contributed by atoms with Crippen LogP contribution in [0.3, 0.4) is 0 Å². The van der Waals surface area contributed by atoms with E-state index in [0.29, 0.717) is 12.5 Å². The Morgan fingerprint density at radius 3 is 2.50 bits per heavy atom. The highest BCUT2D eigenvalue weighted by molar-refractivity contribution is 5.69. The summed E-state index contributed by atoms with van der Waals surface area (Å²) in [6.07, 6.45) is 2.75. The van der Waals surface area contributed by atoms with Crippen molar-refractivity contribution >= 4 is 5.97 Å². The lowest BCUT2D eigenvalue weighted by Gasteiger charge is -2.14. The maximum atomic E-state index is 11.1. The number of aliphatic hydroxyl groups excluding tert-OH is 1. The molecule has 0 aromatic rings. The topological polar surface area (TPSA) is 46.5 Å². The molecular weight excluding hydrogens is 180 g/mol. The Balaban J connectivity index is 3.62. The summed E-state index contributed by atoms with van der Waals surface area (Å²) in [7, 11) is 0. The Bertz CT molecular complexity index is 155. The van der Waals surface area contributed by atoms with Crippen LogP contribution in [0.25, 0.3) is 0 Å². The van der Waals surface area contributed by atoms with Gasteiger partial charge in [0.15, 0.2) is 0 Å². The van der Waals surface area contributed by atoms with Gasteiger partial charge in [0.25, 0.3) is 0 Å². The predicted molar refractivity (Wildman–Crippen MR) is 55.9 cm³/mol. The van der Waals surface area contributed by atoms with E-state index in [0.717, 1.165) is 19.3 Å². The molecule has 0 saturated heterocycles. The number of esters is 1. The average molecular weight is 202 g/mol. The molecule has 0 bridgehead atoms. The van der Waals surface area contributed by atoms with Crippen LogP contribution in [0.4, 0.5) is 0 Å². The number of hydrogen-bond acceptors (Lipinski definition) is 3. The molecule has 0 heterocycles. The van der Waals surface area contributed by atoms with Crippen molar-refractivity contribution in [1.29, 1.82) is 0 Å². The molecule has 0 spiro atoms. The molecule has 0 aliphatic rings. The molecule has 0 amide bonds. The standard InChI is InChI=1S/C11H22O3/c1-4-6-10(5-2)8-14-11(13)7-9(3)12/h9-10,12H,4-8H2,1-3H3. The van der Waals surface area contributed by atoms with Gasteiger partial charge in [-0.25, -0.2) is 0 Å². The SMILES string of the molecule is CCCC(CC)COC(=O)CC(C)O. The van der Waals surface area contributed by atoms with E-state index < -0.39 is 6.10 Å². The number of ether oxygens (including phenoxy) is 1. The van der Waals surface area contributed by atoms with E-state index in [4.69, 9.17) is 9.84 Å². The van der Waals surface area contributed by atoms with E-state index in [2.05, 4.69) is 13.8 Å². The van der Waals surface area contributed by atoms with Crippen molar-refractivity contribution in [2.45, 2.75) is 52.6 Å². The third-order valence-corrected chi connectivity index (χ3v) is 2.22. The molecule has 1 N–H and O–H groups in total. The lowest BCUT2D eigenvalue weighted by atomic mass is 10.0. The van der Waals surface area contributed by atoms with Gasteiger partial charge in [-0.3, -0.25) is 4.79 Å². The lowest BCUT2D eigenvalue weighted by Crippen LogP contribution is -2.17. The minimum Gasteiger partial charge on any atom is -0.465 e. The summed E-state index contributed by atoms with van der Waals surface area (Å²) in [6, 6.07) is 0. The van der Waals surface area contributed by atoms with Gasteiger partial charge in [0.05, 0.1) is 19.1 Å². The molecule has 2 unspecified atom stereocenters. The van der Waals surface area contributed by atoms with Crippen molar-refractivity contribution in [3.8, 4) is 0 Å². The van der Waals surface area contributed by atoms with Crippen LogP contribution in [-0.2, 0) is 9.53 Å². The normalized spacial score (nSPS) is 14.9. The fourth-order valence-corrected chi connectivity index (χ4v) is 1.32. The number of aliphatic hydroxyl groups is 1. The van der Waals surface area contributed by atoms with Crippen LogP contribution in [0.1, 0.15) is 46.5 Å². The summed E-state index contributed by atoms with van der Waals surface area (Å²) >= 11 is 0. The van der Waals surface area contributed by atoms with Gasteiger partial charge >= 0.3 is 5.97 Å². The van der Waals surface area contributed by atoms with Crippen LogP contribution in [0, 0.1) is 5.92 Å². The van der Waals surface area contributed by atoms with Crippen LogP contribution in [0.2, 0.25) is 0 Å². The first-order valence-electron chi connectivity index (χ1n) is 5.43. The van der Waals surface area contributed by atoms with Crippen molar-refractivity contribution in [1.82, 2.24) is 0 Å². The van der Waals surface area contributed by atoms with Crippen LogP contribution >= 0.6 is 0 Å². The molecule has 0 aromatic heterocycles. The molecule has 0 radical (unpaired) electrons. The van der Waals surface area contributed by atoms with Gasteiger partial charge in [-0.15, -0.1) is 0 Å². The zero-order valence-electron chi connectivity index (χ0n) is 9.45. The fourth-order valence-electron chi connectivity index (χ4n) is 1.32. The van der Waals surface area contributed by atoms with Crippen molar-refractivity contribution in [2.24, 2.45) is 5.92 Å². The van der Waals surface area contributed by atoms with Crippen molar-refractivity contribution < 1.29 is 14.6 Å².